The first-order valence-electron chi connectivity index (χ1n) is 4.76. The Morgan fingerprint density at radius 3 is 2.53 bits per heavy atom. The molecule has 0 atom stereocenters. The number of hydrogen-bond donors (Lipinski definition) is 1. The van der Waals surface area contributed by atoms with Crippen LogP contribution in [0.3, 0.4) is 0 Å². The van der Waals surface area contributed by atoms with Gasteiger partial charge < -0.3 is 14.8 Å². The van der Waals surface area contributed by atoms with Gasteiger partial charge in [-0.25, -0.2) is 4.79 Å². The molecule has 1 N–H and O–H groups in total. The maximum atomic E-state index is 11.4. The summed E-state index contributed by atoms with van der Waals surface area (Å²) in [6.45, 7) is 1.72. The SMILES string of the molecule is CCOC(=O)/C(C#N)=C(/NCC(=O)OC)SC. The Morgan fingerprint density at radius 2 is 2.12 bits per heavy atom. The number of hydrogen-bond acceptors (Lipinski definition) is 7. The predicted octanol–water partition coefficient (Wildman–Crippen LogP) is 0.410. The summed E-state index contributed by atoms with van der Waals surface area (Å²) in [5, 5.41) is 11.8. The third-order valence-electron chi connectivity index (χ3n) is 1.64. The quantitative estimate of drug-likeness (QED) is 0.419. The van der Waals surface area contributed by atoms with Crippen molar-refractivity contribution in [2.45, 2.75) is 6.92 Å². The highest BCUT2D eigenvalue weighted by molar-refractivity contribution is 8.02. The monoisotopic (exact) mass is 258 g/mol. The molecule has 17 heavy (non-hydrogen) atoms. The average Bonchev–Trinajstić information content (AvgIpc) is 2.33. The van der Waals surface area contributed by atoms with Crippen LogP contribution in [0.5, 0.6) is 0 Å². The van der Waals surface area contributed by atoms with Gasteiger partial charge in [0, 0.05) is 0 Å². The summed E-state index contributed by atoms with van der Waals surface area (Å²) in [4.78, 5) is 22.3. The lowest BCUT2D eigenvalue weighted by Crippen LogP contribution is -2.24. The number of esters is 2. The Balaban J connectivity index is 4.81. The van der Waals surface area contributed by atoms with Crippen molar-refractivity contribution in [1.29, 1.82) is 5.26 Å². The molecule has 0 aliphatic carbocycles. The standard InChI is InChI=1S/C10H14N2O4S/c1-4-16-10(14)7(5-11)9(17-3)12-6-8(13)15-2/h12H,4,6H2,1-3H3/b9-7-. The summed E-state index contributed by atoms with van der Waals surface area (Å²) in [5.74, 6) is -1.20. The van der Waals surface area contributed by atoms with Crippen molar-refractivity contribution in [3.8, 4) is 6.07 Å². The molecule has 0 aromatic heterocycles. The van der Waals surface area contributed by atoms with E-state index in [9.17, 15) is 9.59 Å². The molecule has 0 aliphatic heterocycles. The van der Waals surface area contributed by atoms with Crippen LogP contribution in [-0.4, -0.2) is 38.5 Å². The number of rotatable bonds is 6. The van der Waals surface area contributed by atoms with Crippen molar-refractivity contribution in [3.63, 3.8) is 0 Å². The fourth-order valence-electron chi connectivity index (χ4n) is 0.880. The third-order valence-corrected chi connectivity index (χ3v) is 2.40. The number of nitrogens with one attached hydrogen (secondary N) is 1. The van der Waals surface area contributed by atoms with E-state index < -0.39 is 11.9 Å². The van der Waals surface area contributed by atoms with Crippen LogP contribution in [0, 0.1) is 11.3 Å². The zero-order chi connectivity index (χ0) is 13.3. The summed E-state index contributed by atoms with van der Waals surface area (Å²) >= 11 is 1.15. The molecule has 0 saturated carbocycles. The molecule has 0 aliphatic rings. The van der Waals surface area contributed by atoms with E-state index >= 15 is 0 Å². The molecule has 0 fully saturated rings. The fraction of sp³-hybridized carbons (Fsp3) is 0.500. The molecule has 0 aromatic rings. The molecule has 0 aromatic carbocycles. The molecule has 0 bridgehead atoms. The Labute approximate surface area is 104 Å². The van der Waals surface area contributed by atoms with Crippen molar-refractivity contribution >= 4 is 23.7 Å². The smallest absolute Gasteiger partial charge is 0.351 e. The van der Waals surface area contributed by atoms with Gasteiger partial charge in [0.05, 0.1) is 18.7 Å². The molecule has 0 rings (SSSR count). The van der Waals surface area contributed by atoms with Crippen LogP contribution in [0.2, 0.25) is 0 Å². The molecular formula is C10H14N2O4S. The Hall–Kier alpha value is -1.68. The highest BCUT2D eigenvalue weighted by Gasteiger charge is 2.16. The van der Waals surface area contributed by atoms with Gasteiger partial charge in [-0.1, -0.05) is 0 Å². The number of nitriles is 1. The lowest BCUT2D eigenvalue weighted by molar-refractivity contribution is -0.140. The minimum atomic E-state index is -0.711. The van der Waals surface area contributed by atoms with Gasteiger partial charge in [-0.3, -0.25) is 4.79 Å². The van der Waals surface area contributed by atoms with Crippen molar-refractivity contribution in [3.05, 3.63) is 10.6 Å². The second kappa shape index (κ2) is 8.47. The van der Waals surface area contributed by atoms with E-state index in [1.165, 1.54) is 7.11 Å². The third kappa shape index (κ3) is 5.26. The summed E-state index contributed by atoms with van der Waals surface area (Å²) in [6, 6.07) is 1.75. The van der Waals surface area contributed by atoms with Crippen LogP contribution < -0.4 is 5.32 Å². The zero-order valence-electron chi connectivity index (χ0n) is 9.90. The van der Waals surface area contributed by atoms with Crippen molar-refractivity contribution < 1.29 is 19.1 Å². The predicted molar refractivity (Wildman–Crippen MR) is 62.8 cm³/mol. The number of carbonyl (C=O) groups is 2. The molecule has 6 nitrogen and oxygen atoms in total. The van der Waals surface area contributed by atoms with Gasteiger partial charge in [0.2, 0.25) is 0 Å². The summed E-state index contributed by atoms with van der Waals surface area (Å²) in [6.07, 6.45) is 1.68. The molecule has 0 spiro atoms. The maximum absolute atomic E-state index is 11.4. The largest absolute Gasteiger partial charge is 0.468 e. The Kier molecular flexibility index (Phi) is 7.63. The van der Waals surface area contributed by atoms with Gasteiger partial charge in [-0.2, -0.15) is 5.26 Å². The van der Waals surface area contributed by atoms with E-state index in [4.69, 9.17) is 10.00 Å². The first-order chi connectivity index (χ1) is 8.10. The van der Waals surface area contributed by atoms with E-state index in [0.29, 0.717) is 0 Å². The molecule has 0 radical (unpaired) electrons. The first-order valence-corrected chi connectivity index (χ1v) is 5.99. The van der Waals surface area contributed by atoms with Gasteiger partial charge in [0.1, 0.15) is 12.6 Å². The van der Waals surface area contributed by atoms with Gasteiger partial charge >= 0.3 is 11.9 Å². The topological polar surface area (TPSA) is 88.4 Å². The highest BCUT2D eigenvalue weighted by atomic mass is 32.2. The molecule has 0 heterocycles. The maximum Gasteiger partial charge on any atom is 0.351 e. The minimum absolute atomic E-state index is 0.114. The molecule has 94 valence electrons. The van der Waals surface area contributed by atoms with Crippen LogP contribution in [0.4, 0.5) is 0 Å². The number of methoxy groups -OCH3 is 1. The Bertz CT molecular complexity index is 360. The number of ether oxygens (including phenoxy) is 2. The van der Waals surface area contributed by atoms with Crippen molar-refractivity contribution in [1.82, 2.24) is 5.32 Å². The second-order valence-electron chi connectivity index (χ2n) is 2.67. The van der Waals surface area contributed by atoms with Crippen molar-refractivity contribution in [2.75, 3.05) is 26.5 Å². The molecule has 0 amide bonds. The summed E-state index contributed by atoms with van der Waals surface area (Å²) in [7, 11) is 1.25. The van der Waals surface area contributed by atoms with Gasteiger partial charge in [-0.15, -0.1) is 11.8 Å². The van der Waals surface area contributed by atoms with Gasteiger partial charge in [0.25, 0.3) is 0 Å². The van der Waals surface area contributed by atoms with Crippen LogP contribution in [0.1, 0.15) is 6.92 Å². The normalized spacial score (nSPS) is 10.9. The van der Waals surface area contributed by atoms with E-state index in [-0.39, 0.29) is 23.8 Å². The molecule has 0 unspecified atom stereocenters. The van der Waals surface area contributed by atoms with E-state index in [0.717, 1.165) is 11.8 Å². The molecule has 7 heteroatoms. The lowest BCUT2D eigenvalue weighted by atomic mass is 10.3. The summed E-state index contributed by atoms with van der Waals surface area (Å²) < 4.78 is 9.16. The van der Waals surface area contributed by atoms with Crippen LogP contribution >= 0.6 is 11.8 Å². The summed E-state index contributed by atoms with van der Waals surface area (Å²) in [5.41, 5.74) is -0.150. The minimum Gasteiger partial charge on any atom is -0.468 e. The number of nitrogens with zero attached hydrogens (tertiary/aromatic N) is 1. The van der Waals surface area contributed by atoms with Crippen LogP contribution in [-0.2, 0) is 19.1 Å². The highest BCUT2D eigenvalue weighted by Crippen LogP contribution is 2.14. The van der Waals surface area contributed by atoms with Crippen LogP contribution in [0.15, 0.2) is 10.6 Å². The molecule has 0 saturated heterocycles. The van der Waals surface area contributed by atoms with E-state index in [1.54, 1.807) is 19.2 Å². The van der Waals surface area contributed by atoms with Crippen molar-refractivity contribution in [2.24, 2.45) is 0 Å². The Morgan fingerprint density at radius 1 is 1.47 bits per heavy atom. The van der Waals surface area contributed by atoms with Crippen LogP contribution in [0.25, 0.3) is 0 Å². The number of carbonyl (C=O) groups excluding carboxylic acids is 2. The van der Waals surface area contributed by atoms with Gasteiger partial charge in [-0.05, 0) is 13.2 Å². The average molecular weight is 258 g/mol. The lowest BCUT2D eigenvalue weighted by Gasteiger charge is -2.09. The van der Waals surface area contributed by atoms with E-state index in [1.807, 2.05) is 0 Å². The fourth-order valence-corrected chi connectivity index (χ4v) is 1.43. The first kappa shape index (κ1) is 15.3. The van der Waals surface area contributed by atoms with E-state index in [2.05, 4.69) is 10.1 Å². The zero-order valence-corrected chi connectivity index (χ0v) is 10.7. The second-order valence-corrected chi connectivity index (χ2v) is 3.49. The van der Waals surface area contributed by atoms with Gasteiger partial charge in [0.15, 0.2) is 5.57 Å². The molecular weight excluding hydrogens is 244 g/mol. The number of thioether (sulfide) groups is 1.